The van der Waals surface area contributed by atoms with Crippen molar-refractivity contribution in [1.82, 2.24) is 5.32 Å². The van der Waals surface area contributed by atoms with Gasteiger partial charge in [0.2, 0.25) is 5.91 Å². The van der Waals surface area contributed by atoms with Crippen molar-refractivity contribution in [2.75, 3.05) is 13.1 Å². The van der Waals surface area contributed by atoms with Crippen molar-refractivity contribution in [3.63, 3.8) is 0 Å². The van der Waals surface area contributed by atoms with Gasteiger partial charge >= 0.3 is 5.97 Å². The number of carbonyl (C=O) groups excluding carboxylic acids is 1. The van der Waals surface area contributed by atoms with E-state index in [0.29, 0.717) is 18.4 Å². The van der Waals surface area contributed by atoms with Crippen molar-refractivity contribution in [2.45, 2.75) is 51.4 Å². The van der Waals surface area contributed by atoms with Crippen LogP contribution in [-0.4, -0.2) is 30.1 Å². The molecule has 2 saturated carbocycles. The van der Waals surface area contributed by atoms with Crippen LogP contribution in [0.5, 0.6) is 0 Å². The number of amides is 1. The third-order valence-electron chi connectivity index (χ3n) is 5.31. The number of aliphatic carboxylic acids is 1. The number of carboxylic acids is 1. The number of rotatable bonds is 5. The zero-order valence-corrected chi connectivity index (χ0v) is 12.7. The molecule has 5 heteroatoms. The molecule has 0 radical (unpaired) electrons. The second-order valence-corrected chi connectivity index (χ2v) is 6.75. The second kappa shape index (κ2) is 7.78. The molecule has 4 N–H and O–H groups in total. The molecule has 0 saturated heterocycles. The van der Waals surface area contributed by atoms with Gasteiger partial charge in [0.1, 0.15) is 0 Å². The normalized spacial score (nSPS) is 33.4. The maximum absolute atomic E-state index is 12.2. The Hall–Kier alpha value is -1.10. The lowest BCUT2D eigenvalue weighted by Crippen LogP contribution is -2.38. The summed E-state index contributed by atoms with van der Waals surface area (Å²) < 4.78 is 0. The lowest BCUT2D eigenvalue weighted by atomic mass is 9.80. The van der Waals surface area contributed by atoms with E-state index in [2.05, 4.69) is 5.32 Å². The van der Waals surface area contributed by atoms with Gasteiger partial charge in [-0.1, -0.05) is 0 Å². The Balaban J connectivity index is 1.65. The van der Waals surface area contributed by atoms with E-state index in [4.69, 9.17) is 10.8 Å². The van der Waals surface area contributed by atoms with Gasteiger partial charge in [-0.15, -0.1) is 0 Å². The highest BCUT2D eigenvalue weighted by molar-refractivity contribution is 5.78. The van der Waals surface area contributed by atoms with Crippen LogP contribution in [0.2, 0.25) is 0 Å². The monoisotopic (exact) mass is 296 g/mol. The van der Waals surface area contributed by atoms with Crippen LogP contribution in [0.4, 0.5) is 0 Å². The molecule has 2 aliphatic carbocycles. The Bertz CT molecular complexity index is 357. The van der Waals surface area contributed by atoms with E-state index in [1.807, 2.05) is 0 Å². The summed E-state index contributed by atoms with van der Waals surface area (Å²) in [5.41, 5.74) is 5.67. The van der Waals surface area contributed by atoms with Gasteiger partial charge in [0.05, 0.1) is 5.92 Å². The molecule has 0 unspecified atom stereocenters. The van der Waals surface area contributed by atoms with Crippen LogP contribution in [0, 0.1) is 23.7 Å². The van der Waals surface area contributed by atoms with E-state index in [1.165, 1.54) is 0 Å². The minimum absolute atomic E-state index is 0.156. The molecule has 0 spiro atoms. The first-order valence-electron chi connectivity index (χ1n) is 8.30. The predicted octanol–water partition coefficient (Wildman–Crippen LogP) is 1.76. The summed E-state index contributed by atoms with van der Waals surface area (Å²) in [5, 5.41) is 12.1. The van der Waals surface area contributed by atoms with Crippen LogP contribution in [0.15, 0.2) is 0 Å². The van der Waals surface area contributed by atoms with Crippen LogP contribution in [0.3, 0.4) is 0 Å². The fourth-order valence-electron chi connectivity index (χ4n) is 3.66. The maximum atomic E-state index is 12.2. The minimum Gasteiger partial charge on any atom is -0.481 e. The molecule has 2 aliphatic rings. The van der Waals surface area contributed by atoms with Gasteiger partial charge in [0.15, 0.2) is 0 Å². The Morgan fingerprint density at radius 2 is 1.43 bits per heavy atom. The summed E-state index contributed by atoms with van der Waals surface area (Å²) >= 11 is 0. The molecule has 0 aromatic heterocycles. The van der Waals surface area contributed by atoms with Crippen molar-refractivity contribution in [3.05, 3.63) is 0 Å². The number of nitrogens with two attached hydrogens (primary N) is 1. The largest absolute Gasteiger partial charge is 0.481 e. The summed E-state index contributed by atoms with van der Waals surface area (Å²) in [6.07, 6.45) is 7.37. The van der Waals surface area contributed by atoms with Crippen molar-refractivity contribution in [2.24, 2.45) is 29.4 Å². The molecule has 21 heavy (non-hydrogen) atoms. The van der Waals surface area contributed by atoms with Gasteiger partial charge in [0.25, 0.3) is 0 Å². The first-order valence-corrected chi connectivity index (χ1v) is 8.30. The average Bonchev–Trinajstić information content (AvgIpc) is 2.53. The van der Waals surface area contributed by atoms with E-state index in [-0.39, 0.29) is 17.7 Å². The number of carbonyl (C=O) groups is 2. The zero-order chi connectivity index (χ0) is 15.2. The molecule has 2 fully saturated rings. The predicted molar refractivity (Wildman–Crippen MR) is 80.6 cm³/mol. The van der Waals surface area contributed by atoms with E-state index in [0.717, 1.165) is 57.9 Å². The first kappa shape index (κ1) is 16.3. The van der Waals surface area contributed by atoms with Gasteiger partial charge in [-0.3, -0.25) is 9.59 Å². The molecule has 0 heterocycles. The number of hydrogen-bond acceptors (Lipinski definition) is 3. The van der Waals surface area contributed by atoms with Gasteiger partial charge in [-0.05, 0) is 69.7 Å². The highest BCUT2D eigenvalue weighted by Gasteiger charge is 2.28. The second-order valence-electron chi connectivity index (χ2n) is 6.75. The summed E-state index contributed by atoms with van der Waals surface area (Å²) in [7, 11) is 0. The maximum Gasteiger partial charge on any atom is 0.306 e. The van der Waals surface area contributed by atoms with Crippen molar-refractivity contribution >= 4 is 11.9 Å². The Morgan fingerprint density at radius 1 is 0.905 bits per heavy atom. The zero-order valence-electron chi connectivity index (χ0n) is 12.7. The molecular formula is C16H28N2O3. The lowest BCUT2D eigenvalue weighted by Gasteiger charge is -2.29. The van der Waals surface area contributed by atoms with Crippen LogP contribution in [-0.2, 0) is 9.59 Å². The Labute approximate surface area is 126 Å². The molecule has 1 amide bonds. The smallest absolute Gasteiger partial charge is 0.306 e. The molecule has 5 nitrogen and oxygen atoms in total. The Morgan fingerprint density at radius 3 is 1.95 bits per heavy atom. The lowest BCUT2D eigenvalue weighted by molar-refractivity contribution is -0.143. The third-order valence-corrected chi connectivity index (χ3v) is 5.31. The standard InChI is InChI=1S/C16H28N2O3/c17-9-11-1-5-13(6-2-11)15(19)18-10-12-3-7-14(8-4-12)16(20)21/h11-14H,1-10,17H2,(H,18,19)(H,20,21)/t11-,12-,13-,14-. The van der Waals surface area contributed by atoms with E-state index in [9.17, 15) is 9.59 Å². The minimum atomic E-state index is -0.672. The van der Waals surface area contributed by atoms with Gasteiger partial charge in [0, 0.05) is 12.5 Å². The van der Waals surface area contributed by atoms with E-state index < -0.39 is 5.97 Å². The summed E-state index contributed by atoms with van der Waals surface area (Å²) in [6.45, 7) is 1.45. The van der Waals surface area contributed by atoms with Crippen molar-refractivity contribution in [3.8, 4) is 0 Å². The molecule has 0 aromatic carbocycles. The number of hydrogen-bond donors (Lipinski definition) is 3. The summed E-state index contributed by atoms with van der Waals surface area (Å²) in [4.78, 5) is 23.1. The fraction of sp³-hybridized carbons (Fsp3) is 0.875. The highest BCUT2D eigenvalue weighted by Crippen LogP contribution is 2.30. The molecule has 0 bridgehead atoms. The van der Waals surface area contributed by atoms with Gasteiger partial charge in [-0.25, -0.2) is 0 Å². The molecule has 2 rings (SSSR count). The Kier molecular flexibility index (Phi) is 6.03. The van der Waals surface area contributed by atoms with Crippen LogP contribution in [0.1, 0.15) is 51.4 Å². The number of carboxylic acid groups (broad SMARTS) is 1. The average molecular weight is 296 g/mol. The van der Waals surface area contributed by atoms with E-state index in [1.54, 1.807) is 0 Å². The molecule has 120 valence electrons. The molecular weight excluding hydrogens is 268 g/mol. The highest BCUT2D eigenvalue weighted by atomic mass is 16.4. The third kappa shape index (κ3) is 4.70. The van der Waals surface area contributed by atoms with Crippen molar-refractivity contribution in [1.29, 1.82) is 0 Å². The topological polar surface area (TPSA) is 92.4 Å². The first-order chi connectivity index (χ1) is 10.1. The SMILES string of the molecule is NC[C@H]1CC[C@H](C(=O)NC[C@H]2CC[C@H](C(=O)O)CC2)CC1. The van der Waals surface area contributed by atoms with Crippen LogP contribution in [0.25, 0.3) is 0 Å². The quantitative estimate of drug-likeness (QED) is 0.720. The van der Waals surface area contributed by atoms with Gasteiger partial charge in [-0.2, -0.15) is 0 Å². The van der Waals surface area contributed by atoms with Crippen LogP contribution >= 0.6 is 0 Å². The molecule has 0 aromatic rings. The summed E-state index contributed by atoms with van der Waals surface area (Å²) in [5.74, 6) is 0.539. The molecule has 0 atom stereocenters. The van der Waals surface area contributed by atoms with Crippen molar-refractivity contribution < 1.29 is 14.7 Å². The molecule has 0 aliphatic heterocycles. The van der Waals surface area contributed by atoms with Gasteiger partial charge < -0.3 is 16.2 Å². The van der Waals surface area contributed by atoms with Crippen LogP contribution < -0.4 is 11.1 Å². The summed E-state index contributed by atoms with van der Waals surface area (Å²) in [6, 6.07) is 0. The van der Waals surface area contributed by atoms with E-state index >= 15 is 0 Å². The number of nitrogens with one attached hydrogen (secondary N) is 1. The fourth-order valence-corrected chi connectivity index (χ4v) is 3.66.